The largest absolute Gasteiger partial charge is 0.380 e. The number of nitrogens with one attached hydrogen (secondary N) is 1. The van der Waals surface area contributed by atoms with Gasteiger partial charge in [-0.2, -0.15) is 0 Å². The van der Waals surface area contributed by atoms with Crippen molar-refractivity contribution in [3.8, 4) is 0 Å². The number of ether oxygens (including phenoxy) is 1. The molecule has 0 aliphatic rings. The fourth-order valence-corrected chi connectivity index (χ4v) is 2.26. The van der Waals surface area contributed by atoms with Crippen molar-refractivity contribution in [1.29, 1.82) is 0 Å². The minimum absolute atomic E-state index is 0.290. The molecule has 0 spiro atoms. The monoisotopic (exact) mass is 289 g/mol. The molecule has 2 nitrogen and oxygen atoms in total. The van der Waals surface area contributed by atoms with Crippen LogP contribution in [0.15, 0.2) is 48.5 Å². The molecule has 2 aromatic carbocycles. The van der Waals surface area contributed by atoms with Crippen LogP contribution < -0.4 is 5.32 Å². The van der Waals surface area contributed by atoms with Crippen molar-refractivity contribution >= 4 is 11.6 Å². The lowest BCUT2D eigenvalue weighted by atomic mass is 10.1. The quantitative estimate of drug-likeness (QED) is 0.854. The third kappa shape index (κ3) is 4.34. The number of methoxy groups -OCH3 is 1. The van der Waals surface area contributed by atoms with Gasteiger partial charge in [-0.1, -0.05) is 48.0 Å². The van der Waals surface area contributed by atoms with Crippen LogP contribution in [0.25, 0.3) is 0 Å². The van der Waals surface area contributed by atoms with Crippen LogP contribution in [0.2, 0.25) is 5.02 Å². The Labute approximate surface area is 125 Å². The summed E-state index contributed by atoms with van der Waals surface area (Å²) in [6, 6.07) is 16.7. The molecule has 0 heterocycles. The maximum absolute atomic E-state index is 5.90. The molecule has 0 fully saturated rings. The van der Waals surface area contributed by atoms with Crippen molar-refractivity contribution in [3.05, 3.63) is 70.2 Å². The Bertz CT molecular complexity index is 539. The van der Waals surface area contributed by atoms with Crippen molar-refractivity contribution < 1.29 is 4.74 Å². The van der Waals surface area contributed by atoms with Crippen LogP contribution in [0.4, 0.5) is 0 Å². The van der Waals surface area contributed by atoms with Gasteiger partial charge in [0.15, 0.2) is 0 Å². The second kappa shape index (κ2) is 7.44. The van der Waals surface area contributed by atoms with Crippen LogP contribution in [0.1, 0.15) is 29.7 Å². The maximum Gasteiger partial charge on any atom is 0.0713 e. The molecule has 0 saturated heterocycles. The predicted molar refractivity (Wildman–Crippen MR) is 83.9 cm³/mol. The molecule has 20 heavy (non-hydrogen) atoms. The first-order valence-corrected chi connectivity index (χ1v) is 7.12. The Morgan fingerprint density at radius 1 is 1.10 bits per heavy atom. The third-order valence-electron chi connectivity index (χ3n) is 3.28. The van der Waals surface area contributed by atoms with Crippen molar-refractivity contribution in [2.45, 2.75) is 26.1 Å². The van der Waals surface area contributed by atoms with Crippen LogP contribution in [-0.2, 0) is 17.9 Å². The van der Waals surface area contributed by atoms with Crippen LogP contribution in [0.5, 0.6) is 0 Å². The number of halogens is 1. The summed E-state index contributed by atoms with van der Waals surface area (Å²) in [7, 11) is 1.72. The number of hydrogen-bond acceptors (Lipinski definition) is 2. The van der Waals surface area contributed by atoms with Crippen molar-refractivity contribution in [3.63, 3.8) is 0 Å². The van der Waals surface area contributed by atoms with Crippen molar-refractivity contribution in [2.75, 3.05) is 7.11 Å². The average Bonchev–Trinajstić information content (AvgIpc) is 2.46. The van der Waals surface area contributed by atoms with E-state index >= 15 is 0 Å². The Hall–Kier alpha value is -1.35. The van der Waals surface area contributed by atoms with E-state index in [0.717, 1.165) is 11.6 Å². The molecular formula is C17H20ClNO. The summed E-state index contributed by atoms with van der Waals surface area (Å²) in [4.78, 5) is 0. The van der Waals surface area contributed by atoms with Gasteiger partial charge in [-0.15, -0.1) is 0 Å². The van der Waals surface area contributed by atoms with E-state index in [1.54, 1.807) is 7.11 Å². The first-order chi connectivity index (χ1) is 9.69. The van der Waals surface area contributed by atoms with Gasteiger partial charge < -0.3 is 10.1 Å². The zero-order valence-electron chi connectivity index (χ0n) is 11.9. The van der Waals surface area contributed by atoms with E-state index < -0.39 is 0 Å². The average molecular weight is 290 g/mol. The van der Waals surface area contributed by atoms with Crippen LogP contribution in [0.3, 0.4) is 0 Å². The lowest BCUT2D eigenvalue weighted by Crippen LogP contribution is -2.18. The smallest absolute Gasteiger partial charge is 0.0713 e. The fourth-order valence-electron chi connectivity index (χ4n) is 2.14. The Balaban J connectivity index is 1.94. The highest BCUT2D eigenvalue weighted by atomic mass is 35.5. The van der Waals surface area contributed by atoms with Gasteiger partial charge in [-0.25, -0.2) is 0 Å². The molecular weight excluding hydrogens is 270 g/mol. The summed E-state index contributed by atoms with van der Waals surface area (Å²) in [6.45, 7) is 3.64. The first-order valence-electron chi connectivity index (χ1n) is 6.74. The van der Waals surface area contributed by atoms with E-state index in [4.69, 9.17) is 16.3 Å². The molecule has 0 bridgehead atoms. The van der Waals surface area contributed by atoms with Gasteiger partial charge in [0.05, 0.1) is 6.61 Å². The van der Waals surface area contributed by atoms with Crippen LogP contribution in [0, 0.1) is 0 Å². The molecule has 0 amide bonds. The number of benzene rings is 2. The molecule has 1 N–H and O–H groups in total. The molecule has 0 radical (unpaired) electrons. The van der Waals surface area contributed by atoms with Crippen molar-refractivity contribution in [2.24, 2.45) is 0 Å². The number of hydrogen-bond donors (Lipinski definition) is 1. The van der Waals surface area contributed by atoms with Gasteiger partial charge in [0.25, 0.3) is 0 Å². The van der Waals surface area contributed by atoms with E-state index in [9.17, 15) is 0 Å². The van der Waals surface area contributed by atoms with E-state index in [1.165, 1.54) is 16.7 Å². The highest BCUT2D eigenvalue weighted by Crippen LogP contribution is 2.16. The third-order valence-corrected chi connectivity index (χ3v) is 3.54. The van der Waals surface area contributed by atoms with E-state index in [2.05, 4.69) is 48.6 Å². The lowest BCUT2D eigenvalue weighted by Gasteiger charge is -2.15. The van der Waals surface area contributed by atoms with E-state index in [0.29, 0.717) is 12.6 Å². The summed E-state index contributed by atoms with van der Waals surface area (Å²) in [5.41, 5.74) is 3.70. The van der Waals surface area contributed by atoms with Gasteiger partial charge in [-0.05, 0) is 35.7 Å². The minimum atomic E-state index is 0.290. The molecule has 0 unspecified atom stereocenters. The predicted octanol–water partition coefficient (Wildman–Crippen LogP) is 4.34. The fraction of sp³-hybridized carbons (Fsp3) is 0.294. The zero-order valence-corrected chi connectivity index (χ0v) is 12.7. The molecule has 106 valence electrons. The molecule has 0 saturated carbocycles. The molecule has 0 aromatic heterocycles. The van der Waals surface area contributed by atoms with Gasteiger partial charge >= 0.3 is 0 Å². The zero-order chi connectivity index (χ0) is 14.4. The minimum Gasteiger partial charge on any atom is -0.380 e. The Morgan fingerprint density at radius 3 is 2.50 bits per heavy atom. The van der Waals surface area contributed by atoms with Crippen LogP contribution >= 0.6 is 11.6 Å². The standard InChI is InChI=1S/C17H20ClNO/c1-13(16-6-8-17(18)9-7-16)19-11-14-4-3-5-15(10-14)12-20-2/h3-10,13,19H,11-12H2,1-2H3/t13-/m1/s1. The summed E-state index contributed by atoms with van der Waals surface area (Å²) in [5.74, 6) is 0. The molecule has 2 aromatic rings. The SMILES string of the molecule is COCc1cccc(CN[C@H](C)c2ccc(Cl)cc2)c1. The second-order valence-corrected chi connectivity index (χ2v) is 5.34. The summed E-state index contributed by atoms with van der Waals surface area (Å²) < 4.78 is 5.16. The summed E-state index contributed by atoms with van der Waals surface area (Å²) in [5, 5.41) is 4.29. The van der Waals surface area contributed by atoms with E-state index in [1.807, 2.05) is 12.1 Å². The normalized spacial score (nSPS) is 12.3. The maximum atomic E-state index is 5.90. The topological polar surface area (TPSA) is 21.3 Å². The second-order valence-electron chi connectivity index (χ2n) is 4.91. The highest BCUT2D eigenvalue weighted by molar-refractivity contribution is 6.30. The lowest BCUT2D eigenvalue weighted by molar-refractivity contribution is 0.185. The first kappa shape index (κ1) is 15.0. The Morgan fingerprint density at radius 2 is 1.80 bits per heavy atom. The van der Waals surface area contributed by atoms with Crippen molar-refractivity contribution in [1.82, 2.24) is 5.32 Å². The van der Waals surface area contributed by atoms with E-state index in [-0.39, 0.29) is 0 Å². The Kier molecular flexibility index (Phi) is 5.60. The molecule has 2 rings (SSSR count). The molecule has 0 aliphatic carbocycles. The van der Waals surface area contributed by atoms with Gasteiger partial charge in [-0.3, -0.25) is 0 Å². The van der Waals surface area contributed by atoms with Crippen LogP contribution in [-0.4, -0.2) is 7.11 Å². The summed E-state index contributed by atoms with van der Waals surface area (Å²) in [6.07, 6.45) is 0. The van der Waals surface area contributed by atoms with Gasteiger partial charge in [0, 0.05) is 24.7 Å². The number of rotatable bonds is 6. The highest BCUT2D eigenvalue weighted by Gasteiger charge is 2.05. The molecule has 3 heteroatoms. The molecule has 0 aliphatic heterocycles. The molecule has 1 atom stereocenters. The van der Waals surface area contributed by atoms with Gasteiger partial charge in [0.2, 0.25) is 0 Å². The summed E-state index contributed by atoms with van der Waals surface area (Å²) >= 11 is 5.90. The van der Waals surface area contributed by atoms with Gasteiger partial charge in [0.1, 0.15) is 0 Å².